The summed E-state index contributed by atoms with van der Waals surface area (Å²) in [6.07, 6.45) is 0.0847. The van der Waals surface area contributed by atoms with Crippen LogP contribution in [0.15, 0.2) is 36.4 Å². The summed E-state index contributed by atoms with van der Waals surface area (Å²) < 4.78 is 13.0. The predicted octanol–water partition coefficient (Wildman–Crippen LogP) is 5.21. The summed E-state index contributed by atoms with van der Waals surface area (Å²) in [6.45, 7) is 0. The molecule has 0 atom stereocenters. The van der Waals surface area contributed by atoms with Crippen LogP contribution >= 0.6 is 34.8 Å². The van der Waals surface area contributed by atoms with E-state index in [1.807, 2.05) is 0 Å². The molecule has 0 amide bonds. The number of carbonyl (C=O) groups excluding carboxylic acids is 1. The Kier molecular flexibility index (Phi) is 4.46. The fraction of sp³-hybridized carbons (Fsp3) is 0.0714. The van der Waals surface area contributed by atoms with Crippen molar-refractivity contribution >= 4 is 40.6 Å². The van der Waals surface area contributed by atoms with Gasteiger partial charge in [0.25, 0.3) is 0 Å². The Labute approximate surface area is 124 Å². The highest BCUT2D eigenvalue weighted by atomic mass is 35.5. The van der Waals surface area contributed by atoms with E-state index in [9.17, 15) is 9.18 Å². The van der Waals surface area contributed by atoms with E-state index in [1.54, 1.807) is 18.2 Å². The highest BCUT2D eigenvalue weighted by molar-refractivity contribution is 6.34. The Hall–Kier alpha value is -1.09. The van der Waals surface area contributed by atoms with Crippen LogP contribution in [0.1, 0.15) is 15.9 Å². The minimum atomic E-state index is -0.556. The maximum absolute atomic E-state index is 13.0. The molecule has 0 saturated carbocycles. The average molecular weight is 318 g/mol. The molecular weight excluding hydrogens is 310 g/mol. The monoisotopic (exact) mass is 316 g/mol. The smallest absolute Gasteiger partial charge is 0.167 e. The molecule has 0 aliphatic rings. The van der Waals surface area contributed by atoms with Crippen LogP contribution in [-0.4, -0.2) is 5.78 Å². The molecule has 0 bridgehead atoms. The van der Waals surface area contributed by atoms with Gasteiger partial charge in [0.1, 0.15) is 5.82 Å². The van der Waals surface area contributed by atoms with E-state index in [-0.39, 0.29) is 17.2 Å². The van der Waals surface area contributed by atoms with Crippen LogP contribution in [-0.2, 0) is 6.42 Å². The van der Waals surface area contributed by atoms with E-state index in [2.05, 4.69) is 0 Å². The van der Waals surface area contributed by atoms with Crippen LogP contribution in [0, 0.1) is 5.82 Å². The number of carbonyl (C=O) groups is 1. The van der Waals surface area contributed by atoms with Crippen LogP contribution in [0.4, 0.5) is 4.39 Å². The first-order valence-corrected chi connectivity index (χ1v) is 6.53. The Morgan fingerprint density at radius 3 is 2.42 bits per heavy atom. The lowest BCUT2D eigenvalue weighted by molar-refractivity contribution is 0.0993. The molecule has 2 aromatic carbocycles. The van der Waals surface area contributed by atoms with Crippen LogP contribution < -0.4 is 0 Å². The fourth-order valence-electron chi connectivity index (χ4n) is 1.62. The van der Waals surface area contributed by atoms with Gasteiger partial charge in [-0.15, -0.1) is 0 Å². The lowest BCUT2D eigenvalue weighted by Crippen LogP contribution is -2.04. The molecule has 19 heavy (non-hydrogen) atoms. The van der Waals surface area contributed by atoms with Gasteiger partial charge >= 0.3 is 0 Å². The molecule has 1 nitrogen and oxygen atoms in total. The molecule has 5 heteroatoms. The van der Waals surface area contributed by atoms with Crippen molar-refractivity contribution in [2.75, 3.05) is 0 Å². The van der Waals surface area contributed by atoms with Crippen LogP contribution in [0.3, 0.4) is 0 Å². The molecule has 98 valence electrons. The number of hydrogen-bond acceptors (Lipinski definition) is 1. The minimum absolute atomic E-state index is 0.0805. The summed E-state index contributed by atoms with van der Waals surface area (Å²) >= 11 is 17.5. The summed E-state index contributed by atoms with van der Waals surface area (Å²) in [7, 11) is 0. The second kappa shape index (κ2) is 5.91. The molecule has 0 saturated heterocycles. The first kappa shape index (κ1) is 14.3. The van der Waals surface area contributed by atoms with Gasteiger partial charge in [0.2, 0.25) is 0 Å². The first-order valence-electron chi connectivity index (χ1n) is 5.39. The third-order valence-corrected chi connectivity index (χ3v) is 3.49. The summed E-state index contributed by atoms with van der Waals surface area (Å²) in [4.78, 5) is 12.1. The molecule has 2 aromatic rings. The van der Waals surface area contributed by atoms with E-state index in [0.717, 1.165) is 6.07 Å². The van der Waals surface area contributed by atoms with Gasteiger partial charge in [-0.1, -0.05) is 34.8 Å². The molecule has 0 aliphatic carbocycles. The molecule has 0 N–H and O–H groups in total. The molecule has 0 unspecified atom stereocenters. The normalized spacial score (nSPS) is 10.5. The van der Waals surface area contributed by atoms with E-state index in [4.69, 9.17) is 34.8 Å². The first-order chi connectivity index (χ1) is 8.97. The zero-order chi connectivity index (χ0) is 14.0. The van der Waals surface area contributed by atoms with Crippen molar-refractivity contribution in [2.45, 2.75) is 6.42 Å². The van der Waals surface area contributed by atoms with Crippen molar-refractivity contribution in [1.29, 1.82) is 0 Å². The van der Waals surface area contributed by atoms with Crippen LogP contribution in [0.25, 0.3) is 0 Å². The maximum Gasteiger partial charge on any atom is 0.167 e. The van der Waals surface area contributed by atoms with Crippen molar-refractivity contribution in [3.63, 3.8) is 0 Å². The number of rotatable bonds is 3. The largest absolute Gasteiger partial charge is 0.294 e. The second-order valence-corrected chi connectivity index (χ2v) is 5.22. The van der Waals surface area contributed by atoms with E-state index in [0.29, 0.717) is 21.2 Å². The van der Waals surface area contributed by atoms with Gasteiger partial charge in [-0.2, -0.15) is 0 Å². The summed E-state index contributed by atoms with van der Waals surface area (Å²) in [5.41, 5.74) is 0.960. The quantitative estimate of drug-likeness (QED) is 0.710. The van der Waals surface area contributed by atoms with Crippen LogP contribution in [0.5, 0.6) is 0 Å². The molecule has 0 aromatic heterocycles. The zero-order valence-corrected chi connectivity index (χ0v) is 11.9. The number of hydrogen-bond donors (Lipinski definition) is 0. The highest BCUT2D eigenvalue weighted by Gasteiger charge is 2.12. The predicted molar refractivity (Wildman–Crippen MR) is 75.9 cm³/mol. The SMILES string of the molecule is O=C(Cc1cc(Cl)ccc1Cl)c1ccc(F)c(Cl)c1. The van der Waals surface area contributed by atoms with Crippen LogP contribution in [0.2, 0.25) is 15.1 Å². The average Bonchev–Trinajstić information content (AvgIpc) is 2.37. The Bertz CT molecular complexity index is 641. The van der Waals surface area contributed by atoms with Gasteiger partial charge in [-0.25, -0.2) is 4.39 Å². The molecular formula is C14H8Cl3FO. The molecule has 0 heterocycles. The minimum Gasteiger partial charge on any atom is -0.294 e. The Morgan fingerprint density at radius 2 is 1.74 bits per heavy atom. The number of ketones is 1. The van der Waals surface area contributed by atoms with Gasteiger partial charge in [-0.3, -0.25) is 4.79 Å². The highest BCUT2D eigenvalue weighted by Crippen LogP contribution is 2.23. The zero-order valence-electron chi connectivity index (χ0n) is 9.59. The molecule has 0 spiro atoms. The topological polar surface area (TPSA) is 17.1 Å². The molecule has 0 radical (unpaired) electrons. The lowest BCUT2D eigenvalue weighted by Gasteiger charge is -2.05. The number of halogens is 4. The number of Topliss-reactive ketones (excluding diaryl/α,β-unsaturated/α-hetero) is 1. The van der Waals surface area contributed by atoms with Crippen molar-refractivity contribution < 1.29 is 9.18 Å². The Morgan fingerprint density at radius 1 is 1.00 bits per heavy atom. The van der Waals surface area contributed by atoms with Gasteiger partial charge in [-0.05, 0) is 42.0 Å². The molecule has 0 fully saturated rings. The van der Waals surface area contributed by atoms with Crippen molar-refractivity contribution in [1.82, 2.24) is 0 Å². The lowest BCUT2D eigenvalue weighted by atomic mass is 10.0. The van der Waals surface area contributed by atoms with Crippen molar-refractivity contribution in [3.8, 4) is 0 Å². The third kappa shape index (κ3) is 3.47. The Balaban J connectivity index is 2.25. The summed E-state index contributed by atoms with van der Waals surface area (Å²) in [6, 6.07) is 8.76. The van der Waals surface area contributed by atoms with Gasteiger partial charge in [0.05, 0.1) is 5.02 Å². The van der Waals surface area contributed by atoms with Gasteiger partial charge in [0, 0.05) is 22.0 Å². The standard InChI is InChI=1S/C14H8Cl3FO/c15-10-2-3-11(16)9(5-10)7-14(19)8-1-4-13(18)12(17)6-8/h1-6H,7H2. The molecule has 2 rings (SSSR count). The third-order valence-electron chi connectivity index (χ3n) is 2.60. The second-order valence-electron chi connectivity index (χ2n) is 3.96. The van der Waals surface area contributed by atoms with Gasteiger partial charge < -0.3 is 0 Å². The summed E-state index contributed by atoms with van der Waals surface area (Å²) in [5, 5.41) is 0.887. The van der Waals surface area contributed by atoms with Gasteiger partial charge in [0.15, 0.2) is 5.78 Å². The fourth-order valence-corrected chi connectivity index (χ4v) is 2.18. The molecule has 0 aliphatic heterocycles. The van der Waals surface area contributed by atoms with Crippen molar-refractivity contribution in [2.24, 2.45) is 0 Å². The maximum atomic E-state index is 13.0. The van der Waals surface area contributed by atoms with Crippen molar-refractivity contribution in [3.05, 3.63) is 68.4 Å². The number of benzene rings is 2. The van der Waals surface area contributed by atoms with E-state index < -0.39 is 5.82 Å². The van der Waals surface area contributed by atoms with E-state index in [1.165, 1.54) is 12.1 Å². The van der Waals surface area contributed by atoms with E-state index >= 15 is 0 Å². The summed E-state index contributed by atoms with van der Waals surface area (Å²) in [5.74, 6) is -0.759.